The van der Waals surface area contributed by atoms with Crippen LogP contribution in [0.2, 0.25) is 0 Å². The fourth-order valence-corrected chi connectivity index (χ4v) is 2.73. The van der Waals surface area contributed by atoms with Crippen LogP contribution in [-0.4, -0.2) is 34.1 Å². The van der Waals surface area contributed by atoms with Gasteiger partial charge in [-0.3, -0.25) is 4.79 Å². The summed E-state index contributed by atoms with van der Waals surface area (Å²) in [5, 5.41) is 21.2. The van der Waals surface area contributed by atoms with Gasteiger partial charge < -0.3 is 15.5 Å². The van der Waals surface area contributed by atoms with Crippen LogP contribution >= 0.6 is 0 Å². The summed E-state index contributed by atoms with van der Waals surface area (Å²) >= 11 is 0. The zero-order valence-electron chi connectivity index (χ0n) is 12.9. The molecule has 0 aromatic heterocycles. The van der Waals surface area contributed by atoms with Crippen LogP contribution in [0.4, 0.5) is 17.6 Å². The molecule has 1 aromatic rings. The molecule has 5 nitrogen and oxygen atoms in total. The summed E-state index contributed by atoms with van der Waals surface area (Å²) < 4.78 is 53.2. The fraction of sp³-hybridized carbons (Fsp3) is 0.375. The molecule has 2 rings (SSSR count). The third kappa shape index (κ3) is 3.65. The van der Waals surface area contributed by atoms with Crippen molar-refractivity contribution in [2.45, 2.75) is 31.2 Å². The van der Waals surface area contributed by atoms with E-state index in [-0.39, 0.29) is 12.7 Å². The molecule has 1 saturated carbocycles. The number of ketones is 1. The highest BCUT2D eigenvalue weighted by molar-refractivity contribution is 6.23. The van der Waals surface area contributed by atoms with Gasteiger partial charge in [-0.05, 0) is 18.9 Å². The molecule has 1 aliphatic rings. The first-order valence-electron chi connectivity index (χ1n) is 7.42. The molecule has 0 spiro atoms. The molecule has 1 aromatic carbocycles. The molecule has 0 saturated heterocycles. The Bertz CT molecular complexity index is 742. The molecule has 0 unspecified atom stereocenters. The minimum absolute atomic E-state index is 0.101. The minimum Gasteiger partial charge on any atom is -0.477 e. The predicted octanol–water partition coefficient (Wildman–Crippen LogP) is 2.29. The molecule has 0 atom stereocenters. The summed E-state index contributed by atoms with van der Waals surface area (Å²) in [5.41, 5.74) is -3.06. The lowest BCUT2D eigenvalue weighted by atomic mass is 9.98. The van der Waals surface area contributed by atoms with E-state index in [4.69, 9.17) is 5.11 Å². The van der Waals surface area contributed by atoms with Crippen LogP contribution < -0.4 is 5.32 Å². The SMILES string of the molecule is O=C(O)/C(=C/NC1(CO)CCCC1)C(=O)c1cc(F)c(F)c(F)c1F. The Labute approximate surface area is 140 Å². The monoisotopic (exact) mass is 361 g/mol. The van der Waals surface area contributed by atoms with Gasteiger partial charge in [0.05, 0.1) is 17.7 Å². The number of carbonyl (C=O) groups excluding carboxylic acids is 1. The van der Waals surface area contributed by atoms with Gasteiger partial charge in [-0.1, -0.05) is 12.8 Å². The number of hydrogen-bond acceptors (Lipinski definition) is 4. The standard InChI is InChI=1S/C16H15F4NO4/c17-10-5-8(11(18)13(20)12(10)19)14(23)9(15(24)25)6-21-16(7-22)3-1-2-4-16/h5-6,21-22H,1-4,7H2,(H,24,25)/b9-6+. The Kier molecular flexibility index (Phi) is 5.46. The lowest BCUT2D eigenvalue weighted by Gasteiger charge is -2.27. The molecule has 136 valence electrons. The molecule has 1 aliphatic carbocycles. The molecule has 25 heavy (non-hydrogen) atoms. The van der Waals surface area contributed by atoms with Crippen LogP contribution in [0, 0.1) is 23.3 Å². The first-order chi connectivity index (χ1) is 11.7. The molecule has 9 heteroatoms. The molecule has 1 fully saturated rings. The van der Waals surface area contributed by atoms with E-state index < -0.39 is 51.7 Å². The number of rotatable bonds is 6. The number of benzene rings is 1. The second kappa shape index (κ2) is 7.22. The average molecular weight is 361 g/mol. The van der Waals surface area contributed by atoms with E-state index >= 15 is 0 Å². The summed E-state index contributed by atoms with van der Waals surface area (Å²) in [4.78, 5) is 23.5. The van der Waals surface area contributed by atoms with Crippen LogP contribution in [0.15, 0.2) is 17.8 Å². The lowest BCUT2D eigenvalue weighted by molar-refractivity contribution is -0.132. The highest BCUT2D eigenvalue weighted by Gasteiger charge is 2.33. The first-order valence-corrected chi connectivity index (χ1v) is 7.42. The predicted molar refractivity (Wildman–Crippen MR) is 77.7 cm³/mol. The summed E-state index contributed by atoms with van der Waals surface area (Å²) in [6.07, 6.45) is 3.37. The third-order valence-electron chi connectivity index (χ3n) is 4.21. The van der Waals surface area contributed by atoms with Crippen molar-refractivity contribution in [1.29, 1.82) is 0 Å². The second-order valence-corrected chi connectivity index (χ2v) is 5.83. The zero-order valence-corrected chi connectivity index (χ0v) is 12.9. The Balaban J connectivity index is 2.39. The molecule has 0 bridgehead atoms. The molecular weight excluding hydrogens is 346 g/mol. The number of aliphatic carboxylic acids is 1. The summed E-state index contributed by atoms with van der Waals surface area (Å²) in [6, 6.07) is 0.101. The van der Waals surface area contributed by atoms with E-state index in [1.807, 2.05) is 0 Å². The number of Topliss-reactive ketones (excluding diaryl/α,β-unsaturated/α-hetero) is 1. The topological polar surface area (TPSA) is 86.6 Å². The number of carboxylic acid groups (broad SMARTS) is 1. The Morgan fingerprint density at radius 2 is 1.72 bits per heavy atom. The number of aliphatic hydroxyl groups is 1. The highest BCUT2D eigenvalue weighted by atomic mass is 19.2. The molecular formula is C16H15F4NO4. The van der Waals surface area contributed by atoms with Crippen molar-refractivity contribution in [3.8, 4) is 0 Å². The lowest BCUT2D eigenvalue weighted by Crippen LogP contribution is -2.43. The van der Waals surface area contributed by atoms with Gasteiger partial charge in [0.25, 0.3) is 0 Å². The van der Waals surface area contributed by atoms with Crippen molar-refractivity contribution < 1.29 is 37.4 Å². The van der Waals surface area contributed by atoms with Crippen molar-refractivity contribution >= 4 is 11.8 Å². The van der Waals surface area contributed by atoms with Gasteiger partial charge in [-0.2, -0.15) is 0 Å². The maximum absolute atomic E-state index is 13.7. The van der Waals surface area contributed by atoms with Crippen molar-refractivity contribution in [2.75, 3.05) is 6.61 Å². The van der Waals surface area contributed by atoms with E-state index in [0.717, 1.165) is 19.0 Å². The number of halogens is 4. The third-order valence-corrected chi connectivity index (χ3v) is 4.21. The minimum atomic E-state index is -2.20. The van der Waals surface area contributed by atoms with E-state index in [2.05, 4.69) is 5.32 Å². The number of carboxylic acids is 1. The number of aliphatic hydroxyl groups excluding tert-OH is 1. The Morgan fingerprint density at radius 3 is 2.24 bits per heavy atom. The molecule has 0 aliphatic heterocycles. The molecule has 3 N–H and O–H groups in total. The van der Waals surface area contributed by atoms with Crippen molar-refractivity contribution in [2.24, 2.45) is 0 Å². The highest BCUT2D eigenvalue weighted by Crippen LogP contribution is 2.29. The van der Waals surface area contributed by atoms with Gasteiger partial charge in [0.2, 0.25) is 5.78 Å². The Hall–Kier alpha value is -2.42. The molecule has 0 heterocycles. The van der Waals surface area contributed by atoms with Crippen molar-refractivity contribution in [3.05, 3.63) is 46.7 Å². The normalized spacial score (nSPS) is 16.8. The summed E-state index contributed by atoms with van der Waals surface area (Å²) in [5.74, 6) is -11.4. The number of hydrogen-bond donors (Lipinski definition) is 3. The van der Waals surface area contributed by atoms with Gasteiger partial charge in [0.15, 0.2) is 23.3 Å². The Morgan fingerprint density at radius 1 is 1.12 bits per heavy atom. The van der Waals surface area contributed by atoms with E-state index in [1.165, 1.54) is 0 Å². The van der Waals surface area contributed by atoms with Crippen LogP contribution in [0.1, 0.15) is 36.0 Å². The van der Waals surface area contributed by atoms with Gasteiger partial charge in [0, 0.05) is 6.20 Å². The number of nitrogens with one attached hydrogen (secondary N) is 1. The summed E-state index contributed by atoms with van der Waals surface area (Å²) in [6.45, 7) is -0.321. The number of carbonyl (C=O) groups is 2. The fourth-order valence-electron chi connectivity index (χ4n) is 2.73. The van der Waals surface area contributed by atoms with Crippen LogP contribution in [0.25, 0.3) is 0 Å². The van der Waals surface area contributed by atoms with E-state index in [1.54, 1.807) is 0 Å². The molecule has 0 radical (unpaired) electrons. The van der Waals surface area contributed by atoms with Crippen LogP contribution in [-0.2, 0) is 4.79 Å². The van der Waals surface area contributed by atoms with Gasteiger partial charge in [-0.25, -0.2) is 22.4 Å². The second-order valence-electron chi connectivity index (χ2n) is 5.83. The van der Waals surface area contributed by atoms with Crippen LogP contribution in [0.3, 0.4) is 0 Å². The first kappa shape index (κ1) is 18.9. The maximum Gasteiger partial charge on any atom is 0.341 e. The molecule has 0 amide bonds. The largest absolute Gasteiger partial charge is 0.477 e. The van der Waals surface area contributed by atoms with Crippen molar-refractivity contribution in [1.82, 2.24) is 5.32 Å². The zero-order chi connectivity index (χ0) is 18.8. The average Bonchev–Trinajstić information content (AvgIpc) is 3.05. The van der Waals surface area contributed by atoms with Gasteiger partial charge in [0.1, 0.15) is 5.57 Å². The maximum atomic E-state index is 13.7. The summed E-state index contributed by atoms with van der Waals surface area (Å²) in [7, 11) is 0. The van der Waals surface area contributed by atoms with Crippen molar-refractivity contribution in [3.63, 3.8) is 0 Å². The van der Waals surface area contributed by atoms with Gasteiger partial charge in [-0.15, -0.1) is 0 Å². The van der Waals surface area contributed by atoms with Gasteiger partial charge >= 0.3 is 5.97 Å². The smallest absolute Gasteiger partial charge is 0.341 e. The van der Waals surface area contributed by atoms with E-state index in [0.29, 0.717) is 12.8 Å². The van der Waals surface area contributed by atoms with E-state index in [9.17, 15) is 32.3 Å². The quantitative estimate of drug-likeness (QED) is 0.138. The van der Waals surface area contributed by atoms with Crippen LogP contribution in [0.5, 0.6) is 0 Å².